The lowest BCUT2D eigenvalue weighted by Crippen LogP contribution is -2.50. The van der Waals surface area contributed by atoms with Gasteiger partial charge in [0, 0.05) is 4.88 Å². The van der Waals surface area contributed by atoms with Gasteiger partial charge in [-0.05, 0) is 73.7 Å². The molecule has 0 aromatic carbocycles. The highest BCUT2D eigenvalue weighted by Crippen LogP contribution is 2.44. The standard InChI is InChI=1S/C16H25NS2/c1-2-14-12-15(19-13-14)16(6-10-18-11-7-16)17-8-4-3-5-9-17/h12-13H,2-11H2,1H3. The minimum atomic E-state index is 0.393. The third kappa shape index (κ3) is 2.74. The molecule has 0 spiro atoms. The predicted molar refractivity (Wildman–Crippen MR) is 87.4 cm³/mol. The fourth-order valence-electron chi connectivity index (χ4n) is 3.55. The molecule has 19 heavy (non-hydrogen) atoms. The van der Waals surface area contributed by atoms with Crippen molar-refractivity contribution in [3.8, 4) is 0 Å². The monoisotopic (exact) mass is 295 g/mol. The molecular formula is C16H25NS2. The first-order valence-electron chi connectivity index (χ1n) is 7.76. The molecule has 2 saturated heterocycles. The topological polar surface area (TPSA) is 3.24 Å². The number of hydrogen-bond donors (Lipinski definition) is 0. The second-order valence-corrected chi connectivity index (χ2v) is 8.00. The number of aryl methyl sites for hydroxylation is 1. The maximum absolute atomic E-state index is 2.83. The summed E-state index contributed by atoms with van der Waals surface area (Å²) in [6.45, 7) is 4.92. The summed E-state index contributed by atoms with van der Waals surface area (Å²) in [7, 11) is 0. The summed E-state index contributed by atoms with van der Waals surface area (Å²) in [6.07, 6.45) is 8.15. The van der Waals surface area contributed by atoms with Gasteiger partial charge in [-0.1, -0.05) is 13.3 Å². The van der Waals surface area contributed by atoms with E-state index in [0.717, 1.165) is 0 Å². The van der Waals surface area contributed by atoms with E-state index in [2.05, 4.69) is 35.0 Å². The first-order valence-corrected chi connectivity index (χ1v) is 9.79. The highest BCUT2D eigenvalue weighted by Gasteiger charge is 2.41. The number of thioether (sulfide) groups is 1. The van der Waals surface area contributed by atoms with E-state index in [4.69, 9.17) is 0 Å². The molecule has 2 fully saturated rings. The zero-order chi connectivity index (χ0) is 13.1. The molecule has 3 rings (SSSR count). The van der Waals surface area contributed by atoms with Crippen molar-refractivity contribution in [1.82, 2.24) is 4.90 Å². The Morgan fingerprint density at radius 2 is 1.89 bits per heavy atom. The lowest BCUT2D eigenvalue weighted by atomic mass is 9.86. The average molecular weight is 296 g/mol. The van der Waals surface area contributed by atoms with Crippen LogP contribution in [0, 0.1) is 0 Å². The van der Waals surface area contributed by atoms with Crippen molar-refractivity contribution in [3.05, 3.63) is 21.9 Å². The Balaban J connectivity index is 1.90. The van der Waals surface area contributed by atoms with Crippen LogP contribution in [0.5, 0.6) is 0 Å². The van der Waals surface area contributed by atoms with Gasteiger partial charge in [-0.25, -0.2) is 0 Å². The van der Waals surface area contributed by atoms with Crippen LogP contribution in [0.3, 0.4) is 0 Å². The molecule has 0 amide bonds. The summed E-state index contributed by atoms with van der Waals surface area (Å²) in [5, 5.41) is 2.39. The Hall–Kier alpha value is 0.01000. The number of nitrogens with zero attached hydrogens (tertiary/aromatic N) is 1. The minimum Gasteiger partial charge on any atom is -0.293 e. The van der Waals surface area contributed by atoms with Gasteiger partial charge in [0.1, 0.15) is 0 Å². The number of thiophene rings is 1. The molecule has 3 heterocycles. The summed E-state index contributed by atoms with van der Waals surface area (Å²) in [5.74, 6) is 2.69. The fraction of sp³-hybridized carbons (Fsp3) is 0.750. The smallest absolute Gasteiger partial charge is 0.0569 e. The van der Waals surface area contributed by atoms with Crippen molar-refractivity contribution in [2.75, 3.05) is 24.6 Å². The van der Waals surface area contributed by atoms with E-state index < -0.39 is 0 Å². The average Bonchev–Trinajstić information content (AvgIpc) is 2.98. The summed E-state index contributed by atoms with van der Waals surface area (Å²) in [4.78, 5) is 4.49. The molecule has 1 aromatic heterocycles. The molecule has 0 N–H and O–H groups in total. The quantitative estimate of drug-likeness (QED) is 0.806. The summed E-state index contributed by atoms with van der Waals surface area (Å²) in [6, 6.07) is 2.51. The Morgan fingerprint density at radius 1 is 1.16 bits per heavy atom. The van der Waals surface area contributed by atoms with Crippen molar-refractivity contribution in [3.63, 3.8) is 0 Å². The predicted octanol–water partition coefficient (Wildman–Crippen LogP) is 4.52. The molecule has 0 bridgehead atoms. The zero-order valence-electron chi connectivity index (χ0n) is 12.0. The van der Waals surface area contributed by atoms with Crippen LogP contribution >= 0.6 is 23.1 Å². The van der Waals surface area contributed by atoms with Gasteiger partial charge < -0.3 is 0 Å². The number of likely N-dealkylation sites (tertiary alicyclic amines) is 1. The van der Waals surface area contributed by atoms with Gasteiger partial charge in [0.2, 0.25) is 0 Å². The van der Waals surface area contributed by atoms with Crippen LogP contribution in [0.25, 0.3) is 0 Å². The third-order valence-corrected chi connectivity index (χ3v) is 6.96. The number of hydrogen-bond acceptors (Lipinski definition) is 3. The molecule has 1 aromatic rings. The van der Waals surface area contributed by atoms with E-state index in [9.17, 15) is 0 Å². The van der Waals surface area contributed by atoms with Crippen LogP contribution in [0.4, 0.5) is 0 Å². The molecule has 0 atom stereocenters. The fourth-order valence-corrected chi connectivity index (χ4v) is 6.01. The Morgan fingerprint density at radius 3 is 2.53 bits per heavy atom. The third-order valence-electron chi connectivity index (χ3n) is 4.80. The van der Waals surface area contributed by atoms with Gasteiger partial charge in [-0.15, -0.1) is 11.3 Å². The summed E-state index contributed by atoms with van der Waals surface area (Å²) >= 11 is 4.17. The number of piperidine rings is 1. The molecule has 0 aliphatic carbocycles. The van der Waals surface area contributed by atoms with Crippen LogP contribution < -0.4 is 0 Å². The highest BCUT2D eigenvalue weighted by molar-refractivity contribution is 7.99. The van der Waals surface area contributed by atoms with Crippen molar-refractivity contribution in [2.24, 2.45) is 0 Å². The van der Waals surface area contributed by atoms with Crippen molar-refractivity contribution in [1.29, 1.82) is 0 Å². The molecule has 0 radical (unpaired) electrons. The van der Waals surface area contributed by atoms with E-state index in [1.54, 1.807) is 4.88 Å². The maximum Gasteiger partial charge on any atom is 0.0569 e. The van der Waals surface area contributed by atoms with Gasteiger partial charge in [-0.3, -0.25) is 4.90 Å². The highest BCUT2D eigenvalue weighted by atomic mass is 32.2. The van der Waals surface area contributed by atoms with Gasteiger partial charge in [0.05, 0.1) is 5.54 Å². The van der Waals surface area contributed by atoms with Crippen molar-refractivity contribution in [2.45, 2.75) is 51.0 Å². The molecule has 0 saturated carbocycles. The van der Waals surface area contributed by atoms with Gasteiger partial charge >= 0.3 is 0 Å². The maximum atomic E-state index is 2.83. The second kappa shape index (κ2) is 6.19. The molecule has 2 aliphatic heterocycles. The van der Waals surface area contributed by atoms with Crippen LogP contribution in [-0.4, -0.2) is 29.5 Å². The van der Waals surface area contributed by atoms with Crippen molar-refractivity contribution < 1.29 is 0 Å². The normalized spacial score (nSPS) is 24.5. The second-order valence-electron chi connectivity index (χ2n) is 5.86. The van der Waals surface area contributed by atoms with Gasteiger partial charge in [-0.2, -0.15) is 11.8 Å². The Kier molecular flexibility index (Phi) is 4.55. The van der Waals surface area contributed by atoms with Crippen molar-refractivity contribution >= 4 is 23.1 Å². The molecule has 0 unspecified atom stereocenters. The first-order chi connectivity index (χ1) is 9.35. The summed E-state index contributed by atoms with van der Waals surface area (Å²) in [5.41, 5.74) is 1.93. The van der Waals surface area contributed by atoms with Crippen LogP contribution in [0.1, 0.15) is 49.5 Å². The van der Waals surface area contributed by atoms with Gasteiger partial charge in [0.25, 0.3) is 0 Å². The lowest BCUT2D eigenvalue weighted by molar-refractivity contribution is 0.0582. The van der Waals surface area contributed by atoms with E-state index in [-0.39, 0.29) is 0 Å². The SMILES string of the molecule is CCc1csc(C2(N3CCCCC3)CCSCC2)c1. The lowest BCUT2D eigenvalue weighted by Gasteiger charge is -2.47. The van der Waals surface area contributed by atoms with Crippen LogP contribution in [-0.2, 0) is 12.0 Å². The van der Waals surface area contributed by atoms with E-state index in [1.807, 2.05) is 11.3 Å². The van der Waals surface area contributed by atoms with Crippen LogP contribution in [0.2, 0.25) is 0 Å². The molecule has 2 aliphatic rings. The largest absolute Gasteiger partial charge is 0.293 e. The summed E-state index contributed by atoms with van der Waals surface area (Å²) < 4.78 is 0. The Labute approximate surface area is 125 Å². The zero-order valence-corrected chi connectivity index (χ0v) is 13.6. The number of rotatable bonds is 3. The van der Waals surface area contributed by atoms with E-state index >= 15 is 0 Å². The van der Waals surface area contributed by atoms with Gasteiger partial charge in [0.15, 0.2) is 0 Å². The Bertz CT molecular complexity index is 401. The minimum absolute atomic E-state index is 0.393. The molecular weight excluding hydrogens is 270 g/mol. The molecule has 1 nitrogen and oxygen atoms in total. The molecule has 106 valence electrons. The van der Waals surface area contributed by atoms with Crippen LogP contribution in [0.15, 0.2) is 11.4 Å². The first kappa shape index (κ1) is 14.0. The van der Waals surface area contributed by atoms with E-state index in [0.29, 0.717) is 5.54 Å². The molecule has 3 heteroatoms. The van der Waals surface area contributed by atoms with E-state index in [1.165, 1.54) is 68.7 Å².